The van der Waals surface area contributed by atoms with Gasteiger partial charge in [0.15, 0.2) is 6.10 Å². The number of rotatable bonds is 34. The fraction of sp³-hybridized carbons (Fsp3) is 0.650. The zero-order valence-corrected chi connectivity index (χ0v) is 32.2. The Balaban J connectivity index is 4.51. The highest BCUT2D eigenvalue weighted by molar-refractivity contribution is 7.47. The van der Waals surface area contributed by atoms with Gasteiger partial charge in [-0.3, -0.25) is 18.6 Å². The average Bonchev–Trinajstić information content (AvgIpc) is 3.12. The Kier molecular flexibility index (Phi) is 34.0. The van der Waals surface area contributed by atoms with E-state index in [-0.39, 0.29) is 19.4 Å². The van der Waals surface area contributed by atoms with Crippen molar-refractivity contribution in [3.8, 4) is 0 Å². The number of carbonyl (C=O) groups is 2. The molecule has 2 unspecified atom stereocenters. The number of unbranched alkanes of at least 4 members (excludes halogenated alkanes) is 11. The van der Waals surface area contributed by atoms with Gasteiger partial charge in [-0.2, -0.15) is 0 Å². The van der Waals surface area contributed by atoms with Gasteiger partial charge < -0.3 is 24.6 Å². The maximum Gasteiger partial charge on any atom is 0.472 e. The van der Waals surface area contributed by atoms with Crippen LogP contribution in [0, 0.1) is 0 Å². The van der Waals surface area contributed by atoms with Gasteiger partial charge >= 0.3 is 19.8 Å². The summed E-state index contributed by atoms with van der Waals surface area (Å²) in [7, 11) is -4.63. The molecule has 51 heavy (non-hydrogen) atoms. The molecular weight excluding hydrogens is 671 g/mol. The van der Waals surface area contributed by atoms with E-state index < -0.39 is 51.8 Å². The summed E-state index contributed by atoms with van der Waals surface area (Å²) in [6.07, 6.45) is 38.9. The number of allylic oxidation sites excluding steroid dienone is 12. The van der Waals surface area contributed by atoms with Crippen LogP contribution in [-0.4, -0.2) is 65.7 Å². The van der Waals surface area contributed by atoms with Crippen molar-refractivity contribution in [2.24, 2.45) is 0 Å². The number of esters is 2. The summed E-state index contributed by atoms with van der Waals surface area (Å²) in [5.41, 5.74) is 0. The minimum atomic E-state index is -4.63. The van der Waals surface area contributed by atoms with Crippen molar-refractivity contribution in [3.05, 3.63) is 72.9 Å². The van der Waals surface area contributed by atoms with Crippen LogP contribution in [0.3, 0.4) is 0 Å². The standard InChI is InChI=1S/C40H67O10P/c1-3-5-7-9-11-13-15-17-18-20-21-23-25-27-29-31-39(43)47-35-38(36-49-51(45,46)48-34-37(42)33-41)50-40(44)32-30-28-26-24-22-19-16-14-12-10-8-6-4-2/h5,7,9,11,13,15,17-19,22,26,28,37-38,41-42H,3-4,6,8,10,12,14,16,20-21,23-25,27,29-36H2,1-2H3,(H,45,46)/b7-5+,11-9+,15-13+,18-17+,22-19+,28-26+/t37-,38?/m0/s1. The maximum absolute atomic E-state index is 12.5. The molecule has 0 aromatic rings. The molecule has 0 aromatic carbocycles. The third-order valence-electron chi connectivity index (χ3n) is 7.45. The Labute approximate surface area is 308 Å². The topological polar surface area (TPSA) is 149 Å². The third kappa shape index (κ3) is 35.6. The van der Waals surface area contributed by atoms with Gasteiger partial charge in [-0.15, -0.1) is 0 Å². The van der Waals surface area contributed by atoms with E-state index >= 15 is 0 Å². The molecule has 0 fully saturated rings. The van der Waals surface area contributed by atoms with Gasteiger partial charge in [0.2, 0.25) is 0 Å². The smallest absolute Gasteiger partial charge is 0.462 e. The number of carbonyl (C=O) groups excluding carboxylic acids is 2. The molecule has 3 N–H and O–H groups in total. The molecule has 0 spiro atoms. The number of hydrogen-bond donors (Lipinski definition) is 3. The molecule has 0 saturated carbocycles. The predicted octanol–water partition coefficient (Wildman–Crippen LogP) is 9.33. The van der Waals surface area contributed by atoms with E-state index in [1.807, 2.05) is 48.6 Å². The zero-order valence-electron chi connectivity index (χ0n) is 31.3. The van der Waals surface area contributed by atoms with E-state index in [1.165, 1.54) is 38.5 Å². The van der Waals surface area contributed by atoms with Crippen LogP contribution < -0.4 is 0 Å². The average molecular weight is 739 g/mol. The fourth-order valence-electron chi connectivity index (χ4n) is 4.52. The van der Waals surface area contributed by atoms with Gasteiger partial charge in [-0.05, 0) is 51.4 Å². The highest BCUT2D eigenvalue weighted by atomic mass is 31.2. The van der Waals surface area contributed by atoms with Crippen molar-refractivity contribution in [3.63, 3.8) is 0 Å². The molecular formula is C40H67O10P. The fourth-order valence-corrected chi connectivity index (χ4v) is 5.31. The molecule has 0 aromatic heterocycles. The molecule has 0 bridgehead atoms. The van der Waals surface area contributed by atoms with Crippen molar-refractivity contribution >= 4 is 19.8 Å². The normalized spacial score (nSPS) is 14.8. The first kappa shape index (κ1) is 48.4. The first-order valence-electron chi connectivity index (χ1n) is 18.9. The van der Waals surface area contributed by atoms with Gasteiger partial charge in [-0.1, -0.05) is 138 Å². The van der Waals surface area contributed by atoms with Crippen molar-refractivity contribution < 1.29 is 47.8 Å². The number of phosphoric acid groups is 1. The summed E-state index contributed by atoms with van der Waals surface area (Å²) in [4.78, 5) is 34.8. The lowest BCUT2D eigenvalue weighted by Gasteiger charge is -2.20. The SMILES string of the molecule is CC/C=C/C=C/C=C/C=C/CCCCCCCC(=O)OCC(COP(=O)(O)OC[C@@H](O)CO)OC(=O)CC/C=C/C/C=C/CCCCCCCC. The molecule has 0 heterocycles. The quantitative estimate of drug-likeness (QED) is 0.0192. The third-order valence-corrected chi connectivity index (χ3v) is 8.40. The summed E-state index contributed by atoms with van der Waals surface area (Å²) < 4.78 is 32.5. The van der Waals surface area contributed by atoms with Gasteiger partial charge in [0.05, 0.1) is 19.8 Å². The monoisotopic (exact) mass is 738 g/mol. The minimum Gasteiger partial charge on any atom is -0.462 e. The molecule has 292 valence electrons. The summed E-state index contributed by atoms with van der Waals surface area (Å²) >= 11 is 0. The van der Waals surface area contributed by atoms with Gasteiger partial charge in [0.25, 0.3) is 0 Å². The number of aliphatic hydroxyl groups is 2. The predicted molar refractivity (Wildman–Crippen MR) is 205 cm³/mol. The first-order valence-corrected chi connectivity index (χ1v) is 20.4. The molecule has 10 nitrogen and oxygen atoms in total. The van der Waals surface area contributed by atoms with E-state index in [2.05, 4.69) is 42.7 Å². The van der Waals surface area contributed by atoms with E-state index in [1.54, 1.807) is 0 Å². The Bertz CT molecular complexity index is 1080. The lowest BCUT2D eigenvalue weighted by Crippen LogP contribution is -2.29. The summed E-state index contributed by atoms with van der Waals surface area (Å²) in [6.45, 7) is 2.10. The molecule has 0 aliphatic carbocycles. The minimum absolute atomic E-state index is 0.0686. The van der Waals surface area contributed by atoms with Crippen LogP contribution in [0.15, 0.2) is 72.9 Å². The lowest BCUT2D eigenvalue weighted by atomic mass is 10.1. The van der Waals surface area contributed by atoms with Crippen LogP contribution >= 0.6 is 7.82 Å². The molecule has 0 amide bonds. The second-order valence-electron chi connectivity index (χ2n) is 12.3. The van der Waals surface area contributed by atoms with E-state index in [0.29, 0.717) is 12.8 Å². The maximum atomic E-state index is 12.5. The summed E-state index contributed by atoms with van der Waals surface area (Å²) in [5.74, 6) is -1.04. The number of aliphatic hydroxyl groups excluding tert-OH is 2. The van der Waals surface area contributed by atoms with E-state index in [4.69, 9.17) is 19.1 Å². The van der Waals surface area contributed by atoms with Gasteiger partial charge in [0.1, 0.15) is 12.7 Å². The Hall–Kier alpha value is -2.59. The second kappa shape index (κ2) is 35.8. The van der Waals surface area contributed by atoms with Crippen LogP contribution in [0.25, 0.3) is 0 Å². The molecule has 0 aliphatic heterocycles. The second-order valence-corrected chi connectivity index (χ2v) is 13.8. The molecule has 0 saturated heterocycles. The Morgan fingerprint density at radius 3 is 1.86 bits per heavy atom. The van der Waals surface area contributed by atoms with Gasteiger partial charge in [0, 0.05) is 12.8 Å². The summed E-state index contributed by atoms with van der Waals surface area (Å²) in [5, 5.41) is 18.3. The molecule has 0 rings (SSSR count). The first-order chi connectivity index (χ1) is 24.7. The highest BCUT2D eigenvalue weighted by Crippen LogP contribution is 2.43. The van der Waals surface area contributed by atoms with Crippen LogP contribution in [0.2, 0.25) is 0 Å². The molecule has 0 aliphatic rings. The van der Waals surface area contributed by atoms with Crippen LogP contribution in [0.4, 0.5) is 0 Å². The van der Waals surface area contributed by atoms with Crippen molar-refractivity contribution in [2.45, 2.75) is 142 Å². The number of hydrogen-bond acceptors (Lipinski definition) is 9. The zero-order chi connectivity index (χ0) is 37.7. The van der Waals surface area contributed by atoms with Crippen LogP contribution in [-0.2, 0) is 32.7 Å². The highest BCUT2D eigenvalue weighted by Gasteiger charge is 2.27. The van der Waals surface area contributed by atoms with E-state index in [9.17, 15) is 24.2 Å². The van der Waals surface area contributed by atoms with Gasteiger partial charge in [-0.25, -0.2) is 4.57 Å². The number of phosphoric ester groups is 1. The Morgan fingerprint density at radius 2 is 1.20 bits per heavy atom. The molecule has 3 atom stereocenters. The van der Waals surface area contributed by atoms with Crippen molar-refractivity contribution in [1.82, 2.24) is 0 Å². The van der Waals surface area contributed by atoms with Crippen molar-refractivity contribution in [1.29, 1.82) is 0 Å². The molecule has 0 radical (unpaired) electrons. The number of ether oxygens (including phenoxy) is 2. The summed E-state index contributed by atoms with van der Waals surface area (Å²) in [6, 6.07) is 0. The largest absolute Gasteiger partial charge is 0.472 e. The van der Waals surface area contributed by atoms with Crippen LogP contribution in [0.5, 0.6) is 0 Å². The Morgan fingerprint density at radius 1 is 0.627 bits per heavy atom. The molecule has 11 heteroatoms. The van der Waals surface area contributed by atoms with Crippen LogP contribution in [0.1, 0.15) is 129 Å². The van der Waals surface area contributed by atoms with Crippen molar-refractivity contribution in [2.75, 3.05) is 26.4 Å². The van der Waals surface area contributed by atoms with E-state index in [0.717, 1.165) is 51.4 Å². The lowest BCUT2D eigenvalue weighted by molar-refractivity contribution is -0.161.